The van der Waals surface area contributed by atoms with Crippen molar-refractivity contribution in [1.82, 2.24) is 19.9 Å². The van der Waals surface area contributed by atoms with E-state index >= 15 is 0 Å². The molecule has 11 heteroatoms. The number of aromatic nitrogens is 2. The summed E-state index contributed by atoms with van der Waals surface area (Å²) in [5, 5.41) is 5.30. The number of aryl methyl sites for hydroxylation is 1. The Morgan fingerprint density at radius 2 is 1.83 bits per heavy atom. The SMILES string of the molecule is COc1nccc(C)c1-c1cc(OC2CN(C(=O)N3N=CCC3c3cc(F)cc(F)c3)C2)c(F)cn1. The first kappa shape index (κ1) is 23.6. The highest BCUT2D eigenvalue weighted by molar-refractivity contribution is 5.79. The Bertz CT molecular complexity index is 1330. The molecule has 1 aromatic carbocycles. The molecule has 2 amide bonds. The molecular formula is C25H22F3N5O3. The van der Waals surface area contributed by atoms with Crippen LogP contribution in [0.25, 0.3) is 11.3 Å². The highest BCUT2D eigenvalue weighted by Gasteiger charge is 2.39. The van der Waals surface area contributed by atoms with Gasteiger partial charge in [0.25, 0.3) is 0 Å². The molecule has 0 radical (unpaired) electrons. The fraction of sp³-hybridized carbons (Fsp3) is 0.280. The summed E-state index contributed by atoms with van der Waals surface area (Å²) in [6, 6.07) is 5.39. The Hall–Kier alpha value is -4.15. The minimum Gasteiger partial charge on any atom is -0.483 e. The molecule has 3 aromatic rings. The molecule has 1 fully saturated rings. The van der Waals surface area contributed by atoms with Gasteiger partial charge >= 0.3 is 6.03 Å². The number of pyridine rings is 2. The van der Waals surface area contributed by atoms with E-state index in [9.17, 15) is 18.0 Å². The molecule has 0 spiro atoms. The second-order valence-corrected chi connectivity index (χ2v) is 8.54. The van der Waals surface area contributed by atoms with Crippen molar-refractivity contribution in [3.63, 3.8) is 0 Å². The summed E-state index contributed by atoms with van der Waals surface area (Å²) in [6.45, 7) is 2.26. The summed E-state index contributed by atoms with van der Waals surface area (Å²) in [7, 11) is 1.49. The normalized spacial score (nSPS) is 17.3. The second kappa shape index (κ2) is 9.48. The molecule has 36 heavy (non-hydrogen) atoms. The Balaban J connectivity index is 1.26. The maximum atomic E-state index is 14.5. The molecule has 8 nitrogen and oxygen atoms in total. The number of carbonyl (C=O) groups excluding carboxylic acids is 1. The van der Waals surface area contributed by atoms with Gasteiger partial charge in [-0.1, -0.05) is 0 Å². The molecule has 0 aliphatic carbocycles. The quantitative estimate of drug-likeness (QED) is 0.519. The number of nitrogens with zero attached hydrogens (tertiary/aromatic N) is 5. The Morgan fingerprint density at radius 1 is 1.08 bits per heavy atom. The Labute approximate surface area is 205 Å². The molecule has 186 valence electrons. The minimum atomic E-state index is -0.723. The third-order valence-corrected chi connectivity index (χ3v) is 6.10. The van der Waals surface area contributed by atoms with E-state index in [-0.39, 0.29) is 18.8 Å². The number of hydrazone groups is 1. The average Bonchev–Trinajstić information content (AvgIpc) is 3.31. The van der Waals surface area contributed by atoms with E-state index in [0.29, 0.717) is 29.1 Å². The van der Waals surface area contributed by atoms with Crippen LogP contribution in [0.1, 0.15) is 23.6 Å². The van der Waals surface area contributed by atoms with Crippen molar-refractivity contribution in [2.75, 3.05) is 20.2 Å². The molecule has 1 unspecified atom stereocenters. The predicted molar refractivity (Wildman–Crippen MR) is 124 cm³/mol. The highest BCUT2D eigenvalue weighted by Crippen LogP contribution is 2.34. The van der Waals surface area contributed by atoms with Gasteiger partial charge in [-0.05, 0) is 36.2 Å². The van der Waals surface area contributed by atoms with E-state index < -0.39 is 35.6 Å². The Morgan fingerprint density at radius 3 is 2.56 bits per heavy atom. The molecular weight excluding hydrogens is 475 g/mol. The van der Waals surface area contributed by atoms with Crippen LogP contribution in [0, 0.1) is 24.4 Å². The number of benzene rings is 1. The fourth-order valence-corrected chi connectivity index (χ4v) is 4.28. The maximum Gasteiger partial charge on any atom is 0.341 e. The molecule has 4 heterocycles. The van der Waals surface area contributed by atoms with Gasteiger partial charge in [0.1, 0.15) is 17.7 Å². The van der Waals surface area contributed by atoms with Crippen LogP contribution in [0.15, 0.2) is 47.8 Å². The van der Waals surface area contributed by atoms with Crippen molar-refractivity contribution in [2.24, 2.45) is 5.10 Å². The van der Waals surface area contributed by atoms with Gasteiger partial charge in [0.2, 0.25) is 5.88 Å². The monoisotopic (exact) mass is 497 g/mol. The van der Waals surface area contributed by atoms with Crippen LogP contribution in [0.4, 0.5) is 18.0 Å². The van der Waals surface area contributed by atoms with E-state index in [4.69, 9.17) is 9.47 Å². The first-order valence-electron chi connectivity index (χ1n) is 11.2. The van der Waals surface area contributed by atoms with Crippen LogP contribution in [0.5, 0.6) is 11.6 Å². The fourth-order valence-electron chi connectivity index (χ4n) is 4.28. The van der Waals surface area contributed by atoms with Gasteiger partial charge in [0.15, 0.2) is 11.6 Å². The van der Waals surface area contributed by atoms with Crippen LogP contribution in [-0.2, 0) is 0 Å². The predicted octanol–water partition coefficient (Wildman–Crippen LogP) is 4.49. The smallest absolute Gasteiger partial charge is 0.341 e. The molecule has 1 saturated heterocycles. The number of ether oxygens (including phenoxy) is 2. The van der Waals surface area contributed by atoms with Gasteiger partial charge in [-0.25, -0.2) is 28.0 Å². The lowest BCUT2D eigenvalue weighted by Crippen LogP contribution is -2.58. The van der Waals surface area contributed by atoms with E-state index in [2.05, 4.69) is 15.1 Å². The number of hydrogen-bond donors (Lipinski definition) is 0. The first-order chi connectivity index (χ1) is 17.3. The number of halogens is 3. The standard InChI is InChI=1S/C25H22F3N5O3/c1-14-3-5-29-24(35-2)23(14)20-10-22(19(28)11-30-20)36-18-12-32(13-18)25(34)33-21(4-6-31-33)15-7-16(26)9-17(27)8-15/h3,5-11,18,21H,4,12-13H2,1-2H3. The summed E-state index contributed by atoms with van der Waals surface area (Å²) in [4.78, 5) is 22.8. The zero-order valence-corrected chi connectivity index (χ0v) is 19.5. The number of likely N-dealkylation sites (tertiary alicyclic amines) is 1. The molecule has 0 N–H and O–H groups in total. The van der Waals surface area contributed by atoms with Crippen molar-refractivity contribution in [3.8, 4) is 22.9 Å². The molecule has 2 aliphatic rings. The molecule has 0 bridgehead atoms. The molecule has 1 atom stereocenters. The van der Waals surface area contributed by atoms with Crippen LogP contribution in [-0.4, -0.2) is 58.4 Å². The number of carbonyl (C=O) groups is 1. The van der Waals surface area contributed by atoms with Crippen molar-refractivity contribution in [1.29, 1.82) is 0 Å². The van der Waals surface area contributed by atoms with E-state index in [1.54, 1.807) is 12.3 Å². The minimum absolute atomic E-state index is 0.00490. The lowest BCUT2D eigenvalue weighted by atomic mass is 10.0. The van der Waals surface area contributed by atoms with Crippen LogP contribution in [0.3, 0.4) is 0 Å². The third-order valence-electron chi connectivity index (χ3n) is 6.10. The summed E-state index contributed by atoms with van der Waals surface area (Å²) in [5.74, 6) is -1.73. The molecule has 2 aliphatic heterocycles. The third kappa shape index (κ3) is 4.43. The van der Waals surface area contributed by atoms with Crippen LogP contribution >= 0.6 is 0 Å². The van der Waals surface area contributed by atoms with Crippen molar-refractivity contribution in [3.05, 3.63) is 71.3 Å². The summed E-state index contributed by atoms with van der Waals surface area (Å²) < 4.78 is 53.0. The summed E-state index contributed by atoms with van der Waals surface area (Å²) >= 11 is 0. The van der Waals surface area contributed by atoms with E-state index in [1.165, 1.54) is 41.4 Å². The summed E-state index contributed by atoms with van der Waals surface area (Å²) in [6.07, 6.45) is 4.09. The zero-order valence-electron chi connectivity index (χ0n) is 19.5. The van der Waals surface area contributed by atoms with Gasteiger partial charge in [0, 0.05) is 31.0 Å². The second-order valence-electron chi connectivity index (χ2n) is 8.54. The van der Waals surface area contributed by atoms with Crippen LogP contribution in [0.2, 0.25) is 0 Å². The van der Waals surface area contributed by atoms with Crippen molar-refractivity contribution < 1.29 is 27.4 Å². The van der Waals surface area contributed by atoms with Gasteiger partial charge in [-0.2, -0.15) is 5.10 Å². The Kier molecular flexibility index (Phi) is 6.21. The zero-order chi connectivity index (χ0) is 25.4. The van der Waals surface area contributed by atoms with Crippen LogP contribution < -0.4 is 9.47 Å². The molecule has 5 rings (SSSR count). The largest absolute Gasteiger partial charge is 0.483 e. The van der Waals surface area contributed by atoms with Gasteiger partial charge in [0.05, 0.1) is 43.7 Å². The van der Waals surface area contributed by atoms with Gasteiger partial charge in [-0.15, -0.1) is 0 Å². The number of rotatable bonds is 5. The van der Waals surface area contributed by atoms with E-state index in [1.807, 2.05) is 6.92 Å². The number of urea groups is 1. The lowest BCUT2D eigenvalue weighted by molar-refractivity contribution is 0.0256. The van der Waals surface area contributed by atoms with E-state index in [0.717, 1.165) is 17.8 Å². The van der Waals surface area contributed by atoms with Gasteiger partial charge < -0.3 is 14.4 Å². The summed E-state index contributed by atoms with van der Waals surface area (Å²) in [5.41, 5.74) is 2.24. The van der Waals surface area contributed by atoms with Crippen molar-refractivity contribution in [2.45, 2.75) is 25.5 Å². The number of methoxy groups -OCH3 is 1. The lowest BCUT2D eigenvalue weighted by Gasteiger charge is -2.41. The number of hydrogen-bond acceptors (Lipinski definition) is 6. The average molecular weight is 497 g/mol. The number of amides is 2. The topological polar surface area (TPSA) is 80.2 Å². The molecule has 2 aromatic heterocycles. The van der Waals surface area contributed by atoms with Crippen molar-refractivity contribution >= 4 is 12.2 Å². The first-order valence-corrected chi connectivity index (χ1v) is 11.2. The molecule has 0 saturated carbocycles. The van der Waals surface area contributed by atoms with Gasteiger partial charge in [-0.3, -0.25) is 4.98 Å². The maximum absolute atomic E-state index is 14.5. The highest BCUT2D eigenvalue weighted by atomic mass is 19.1.